The first kappa shape index (κ1) is 13.7. The fraction of sp³-hybridized carbons (Fsp3) is 0.533. The van der Waals surface area contributed by atoms with Crippen LogP contribution in [0.25, 0.3) is 0 Å². The Bertz CT molecular complexity index is 595. The lowest BCUT2D eigenvalue weighted by atomic mass is 9.72. The lowest BCUT2D eigenvalue weighted by molar-refractivity contribution is 0.0189. The fourth-order valence-electron chi connectivity index (χ4n) is 3.92. The standard InChI is InChI=1S/C15H18Cl2N4/c16-11-2-6-18-14(13(11)17)19-12-1-5-15(20-12)9-21-7-3-10(15)4-8-21/h1-2,6,10,20H,3-5,7-9H2,(H,18,19)/t15-/m0/s1. The van der Waals surface area contributed by atoms with Crippen LogP contribution in [0.5, 0.6) is 0 Å². The number of piperidine rings is 3. The predicted octanol–water partition coefficient (Wildman–Crippen LogP) is 3.10. The van der Waals surface area contributed by atoms with Crippen molar-refractivity contribution in [2.75, 3.05) is 25.0 Å². The Balaban J connectivity index is 1.50. The van der Waals surface area contributed by atoms with E-state index in [2.05, 4.69) is 26.6 Å². The van der Waals surface area contributed by atoms with E-state index in [0.29, 0.717) is 15.9 Å². The highest BCUT2D eigenvalue weighted by Gasteiger charge is 2.48. The predicted molar refractivity (Wildman–Crippen MR) is 85.6 cm³/mol. The number of hydrogen-bond acceptors (Lipinski definition) is 4. The molecule has 2 N–H and O–H groups in total. The molecule has 1 aromatic rings. The van der Waals surface area contributed by atoms with Crippen molar-refractivity contribution in [1.29, 1.82) is 0 Å². The summed E-state index contributed by atoms with van der Waals surface area (Å²) in [6, 6.07) is 1.69. The van der Waals surface area contributed by atoms with Crippen molar-refractivity contribution in [2.45, 2.75) is 24.8 Å². The zero-order valence-electron chi connectivity index (χ0n) is 11.7. The molecule has 4 aliphatic rings. The fourth-order valence-corrected chi connectivity index (χ4v) is 4.22. The lowest BCUT2D eigenvalue weighted by Gasteiger charge is -2.52. The summed E-state index contributed by atoms with van der Waals surface area (Å²) < 4.78 is 0. The summed E-state index contributed by atoms with van der Waals surface area (Å²) in [7, 11) is 0. The molecule has 1 atom stereocenters. The summed E-state index contributed by atoms with van der Waals surface area (Å²) >= 11 is 12.2. The first-order chi connectivity index (χ1) is 10.2. The molecule has 0 radical (unpaired) electrons. The van der Waals surface area contributed by atoms with Gasteiger partial charge < -0.3 is 15.5 Å². The number of pyridine rings is 1. The summed E-state index contributed by atoms with van der Waals surface area (Å²) in [5.41, 5.74) is 0.198. The minimum Gasteiger partial charge on any atom is -0.365 e. The number of rotatable bonds is 2. The van der Waals surface area contributed by atoms with Crippen LogP contribution >= 0.6 is 23.2 Å². The SMILES string of the molecule is Clc1ccnc(NC2=CC[C@@]3(CN4CCC3CC4)N2)c1Cl. The monoisotopic (exact) mass is 324 g/mol. The zero-order chi connectivity index (χ0) is 14.4. The van der Waals surface area contributed by atoms with Crippen molar-refractivity contribution in [1.82, 2.24) is 15.2 Å². The number of anilines is 1. The molecule has 0 amide bonds. The van der Waals surface area contributed by atoms with Gasteiger partial charge in [-0.25, -0.2) is 4.98 Å². The van der Waals surface area contributed by atoms with Gasteiger partial charge in [0.15, 0.2) is 5.82 Å². The molecule has 0 aromatic carbocycles. The van der Waals surface area contributed by atoms with Crippen LogP contribution in [0.2, 0.25) is 10.0 Å². The highest BCUT2D eigenvalue weighted by molar-refractivity contribution is 6.43. The Morgan fingerprint density at radius 2 is 2.14 bits per heavy atom. The maximum atomic E-state index is 6.19. The number of halogens is 2. The molecule has 6 heteroatoms. The Morgan fingerprint density at radius 1 is 1.33 bits per heavy atom. The van der Waals surface area contributed by atoms with Gasteiger partial charge in [-0.15, -0.1) is 0 Å². The van der Waals surface area contributed by atoms with E-state index in [1.165, 1.54) is 25.9 Å². The first-order valence-electron chi connectivity index (χ1n) is 7.44. The molecule has 0 unspecified atom stereocenters. The van der Waals surface area contributed by atoms with E-state index in [1.54, 1.807) is 12.3 Å². The third-order valence-corrected chi connectivity index (χ3v) is 5.82. The molecule has 3 fully saturated rings. The van der Waals surface area contributed by atoms with Crippen LogP contribution < -0.4 is 10.6 Å². The normalized spacial score (nSPS) is 33.9. The second kappa shape index (κ2) is 5.04. The quantitative estimate of drug-likeness (QED) is 0.877. The van der Waals surface area contributed by atoms with Crippen molar-refractivity contribution in [3.8, 4) is 0 Å². The van der Waals surface area contributed by atoms with Crippen LogP contribution in [0.3, 0.4) is 0 Å². The molecule has 5 rings (SSSR count). The van der Waals surface area contributed by atoms with Crippen molar-refractivity contribution in [3.05, 3.63) is 34.2 Å². The third-order valence-electron chi connectivity index (χ3n) is 5.02. The molecule has 5 heterocycles. The van der Waals surface area contributed by atoms with Crippen molar-refractivity contribution in [2.24, 2.45) is 5.92 Å². The molecule has 112 valence electrons. The van der Waals surface area contributed by atoms with Crippen LogP contribution in [0.15, 0.2) is 24.2 Å². The van der Waals surface area contributed by atoms with Gasteiger partial charge in [0.05, 0.1) is 10.6 Å². The van der Waals surface area contributed by atoms with Gasteiger partial charge in [0.1, 0.15) is 10.8 Å². The van der Waals surface area contributed by atoms with Crippen molar-refractivity contribution < 1.29 is 0 Å². The van der Waals surface area contributed by atoms with Crippen LogP contribution in [-0.2, 0) is 0 Å². The van der Waals surface area contributed by atoms with E-state index >= 15 is 0 Å². The molecule has 3 saturated heterocycles. The number of nitrogens with one attached hydrogen (secondary N) is 2. The molecule has 4 nitrogen and oxygen atoms in total. The number of aromatic nitrogens is 1. The van der Waals surface area contributed by atoms with Gasteiger partial charge in [0, 0.05) is 12.7 Å². The van der Waals surface area contributed by atoms with Gasteiger partial charge in [0.2, 0.25) is 0 Å². The van der Waals surface area contributed by atoms with Gasteiger partial charge >= 0.3 is 0 Å². The molecule has 1 spiro atoms. The largest absolute Gasteiger partial charge is 0.365 e. The van der Waals surface area contributed by atoms with Gasteiger partial charge in [-0.1, -0.05) is 23.2 Å². The van der Waals surface area contributed by atoms with Crippen molar-refractivity contribution in [3.63, 3.8) is 0 Å². The lowest BCUT2D eigenvalue weighted by Crippen LogP contribution is -2.64. The van der Waals surface area contributed by atoms with E-state index in [9.17, 15) is 0 Å². The van der Waals surface area contributed by atoms with E-state index < -0.39 is 0 Å². The van der Waals surface area contributed by atoms with E-state index in [0.717, 1.165) is 24.7 Å². The van der Waals surface area contributed by atoms with Gasteiger partial charge in [-0.05, 0) is 50.4 Å². The minimum absolute atomic E-state index is 0.198. The highest BCUT2D eigenvalue weighted by Crippen LogP contribution is 2.41. The Hall–Kier alpha value is -0.970. The summed E-state index contributed by atoms with van der Waals surface area (Å²) in [6.45, 7) is 3.63. The Labute approximate surface area is 134 Å². The van der Waals surface area contributed by atoms with Crippen LogP contribution in [-0.4, -0.2) is 35.1 Å². The summed E-state index contributed by atoms with van der Waals surface area (Å²) in [6.07, 6.45) is 7.54. The molecule has 0 saturated carbocycles. The zero-order valence-corrected chi connectivity index (χ0v) is 13.2. The van der Waals surface area contributed by atoms with Gasteiger partial charge in [-0.3, -0.25) is 0 Å². The van der Waals surface area contributed by atoms with E-state index in [-0.39, 0.29) is 5.54 Å². The summed E-state index contributed by atoms with van der Waals surface area (Å²) in [4.78, 5) is 6.83. The van der Waals surface area contributed by atoms with Crippen LogP contribution in [0.4, 0.5) is 5.82 Å². The van der Waals surface area contributed by atoms with Crippen LogP contribution in [0, 0.1) is 5.92 Å². The topological polar surface area (TPSA) is 40.2 Å². The molecule has 0 aliphatic carbocycles. The third kappa shape index (κ3) is 2.30. The molecule has 4 aliphatic heterocycles. The average molecular weight is 325 g/mol. The molecule has 1 aromatic heterocycles. The second-order valence-corrected chi connectivity index (χ2v) is 7.02. The Morgan fingerprint density at radius 3 is 2.86 bits per heavy atom. The van der Waals surface area contributed by atoms with Crippen LogP contribution in [0.1, 0.15) is 19.3 Å². The number of fused-ring (bicyclic) bond motifs is 2. The van der Waals surface area contributed by atoms with Gasteiger partial charge in [0.25, 0.3) is 0 Å². The summed E-state index contributed by atoms with van der Waals surface area (Å²) in [5.74, 6) is 2.38. The summed E-state index contributed by atoms with van der Waals surface area (Å²) in [5, 5.41) is 7.97. The van der Waals surface area contributed by atoms with Crippen molar-refractivity contribution >= 4 is 29.0 Å². The Kier molecular flexibility index (Phi) is 3.28. The first-order valence-corrected chi connectivity index (χ1v) is 8.20. The second-order valence-electron chi connectivity index (χ2n) is 6.23. The maximum absolute atomic E-state index is 6.19. The molecule has 2 bridgehead atoms. The smallest absolute Gasteiger partial charge is 0.151 e. The molecule has 21 heavy (non-hydrogen) atoms. The molecular formula is C15H18Cl2N4. The maximum Gasteiger partial charge on any atom is 0.151 e. The molecular weight excluding hydrogens is 307 g/mol. The van der Waals surface area contributed by atoms with E-state index in [4.69, 9.17) is 23.2 Å². The highest BCUT2D eigenvalue weighted by atomic mass is 35.5. The minimum atomic E-state index is 0.198. The number of hydrogen-bond donors (Lipinski definition) is 2. The number of nitrogens with zero attached hydrogens (tertiary/aromatic N) is 2. The average Bonchev–Trinajstić information content (AvgIpc) is 2.88. The van der Waals surface area contributed by atoms with E-state index in [1.807, 2.05) is 0 Å². The van der Waals surface area contributed by atoms with Gasteiger partial charge in [-0.2, -0.15) is 0 Å².